The number of carbonyl (C=O) groups excluding carboxylic acids is 1. The van der Waals surface area contributed by atoms with Gasteiger partial charge in [0.25, 0.3) is 5.91 Å². The molecule has 0 bridgehead atoms. The Balaban J connectivity index is 1.25. The number of hydrogen-bond acceptors (Lipinski definition) is 3. The third kappa shape index (κ3) is 7.57. The van der Waals surface area contributed by atoms with Crippen molar-refractivity contribution in [2.24, 2.45) is 0 Å². The summed E-state index contributed by atoms with van der Waals surface area (Å²) in [5.74, 6) is 0.00684. The predicted octanol–water partition coefficient (Wildman–Crippen LogP) is 7.30. The van der Waals surface area contributed by atoms with Gasteiger partial charge in [-0.3, -0.25) is 4.79 Å². The van der Waals surface area contributed by atoms with Crippen molar-refractivity contribution in [1.29, 1.82) is 0 Å². The molecule has 41 heavy (non-hydrogen) atoms. The minimum atomic E-state index is 0.00684. The van der Waals surface area contributed by atoms with Gasteiger partial charge in [0.15, 0.2) is 0 Å². The molecule has 0 heterocycles. The lowest BCUT2D eigenvalue weighted by Crippen LogP contribution is -2.23. The van der Waals surface area contributed by atoms with Crippen LogP contribution in [0, 0.1) is 0 Å². The van der Waals surface area contributed by atoms with Gasteiger partial charge in [-0.05, 0) is 56.6 Å². The normalized spacial score (nSPS) is 10.9. The number of carbonyl (C=O) groups is 1. The molecule has 5 rings (SSSR count). The van der Waals surface area contributed by atoms with Gasteiger partial charge in [-0.1, -0.05) is 115 Å². The fourth-order valence-corrected chi connectivity index (χ4v) is 4.96. The molecule has 5 aromatic rings. The lowest BCUT2D eigenvalue weighted by Gasteiger charge is -2.17. The van der Waals surface area contributed by atoms with Crippen LogP contribution in [0.2, 0.25) is 0 Å². The Kier molecular flexibility index (Phi) is 9.37. The van der Waals surface area contributed by atoms with Gasteiger partial charge in [-0.25, -0.2) is 0 Å². The molecule has 0 aromatic heterocycles. The molecule has 206 valence electrons. The van der Waals surface area contributed by atoms with Crippen LogP contribution < -0.4 is 10.6 Å². The summed E-state index contributed by atoms with van der Waals surface area (Å²) in [6, 6.07) is 44.2. The zero-order valence-corrected chi connectivity index (χ0v) is 23.8. The van der Waals surface area contributed by atoms with Crippen LogP contribution in [0.25, 0.3) is 22.3 Å². The van der Waals surface area contributed by atoms with E-state index in [-0.39, 0.29) is 5.91 Å². The van der Waals surface area contributed by atoms with E-state index in [0.717, 1.165) is 41.9 Å². The molecule has 4 heteroatoms. The standard InChI is InChI=1S/C37H37N3O/c1-40(2)37(41)36-23-31(27-38-24-28-10-5-3-6-11-28)18-21-35(36)34-15-9-12-30(22-34)26-39-25-29-16-19-33(20-17-29)32-13-7-4-8-14-32/h3-23,38-39H,24-27H2,1-2H3. The number of nitrogens with zero attached hydrogens (tertiary/aromatic N) is 1. The van der Waals surface area contributed by atoms with Crippen LogP contribution in [-0.2, 0) is 26.2 Å². The quantitative estimate of drug-likeness (QED) is 0.185. The molecular formula is C37H37N3O. The van der Waals surface area contributed by atoms with E-state index in [1.165, 1.54) is 27.8 Å². The van der Waals surface area contributed by atoms with Crippen molar-refractivity contribution in [1.82, 2.24) is 15.5 Å². The molecule has 5 aromatic carbocycles. The van der Waals surface area contributed by atoms with E-state index in [0.29, 0.717) is 6.54 Å². The second-order valence-corrected chi connectivity index (χ2v) is 10.5. The molecule has 0 saturated carbocycles. The molecule has 0 radical (unpaired) electrons. The molecule has 4 nitrogen and oxygen atoms in total. The second-order valence-electron chi connectivity index (χ2n) is 10.5. The fourth-order valence-electron chi connectivity index (χ4n) is 4.96. The Bertz CT molecular complexity index is 1560. The Morgan fingerprint density at radius 3 is 1.66 bits per heavy atom. The summed E-state index contributed by atoms with van der Waals surface area (Å²) in [6.07, 6.45) is 0. The predicted molar refractivity (Wildman–Crippen MR) is 169 cm³/mol. The summed E-state index contributed by atoms with van der Waals surface area (Å²) in [7, 11) is 3.61. The third-order valence-corrected chi connectivity index (χ3v) is 7.18. The molecule has 0 saturated heterocycles. The highest BCUT2D eigenvalue weighted by Gasteiger charge is 2.16. The van der Waals surface area contributed by atoms with Gasteiger partial charge in [0, 0.05) is 45.8 Å². The molecule has 0 spiro atoms. The maximum atomic E-state index is 13.2. The van der Waals surface area contributed by atoms with E-state index < -0.39 is 0 Å². The number of hydrogen-bond donors (Lipinski definition) is 2. The van der Waals surface area contributed by atoms with Crippen LogP contribution in [0.4, 0.5) is 0 Å². The Morgan fingerprint density at radius 2 is 1.00 bits per heavy atom. The summed E-state index contributed by atoms with van der Waals surface area (Å²) in [5, 5.41) is 7.07. The molecule has 2 N–H and O–H groups in total. The number of amides is 1. The van der Waals surface area contributed by atoms with Crippen molar-refractivity contribution in [3.05, 3.63) is 155 Å². The molecule has 0 aliphatic heterocycles. The van der Waals surface area contributed by atoms with Crippen molar-refractivity contribution >= 4 is 5.91 Å². The molecule has 1 amide bonds. The number of rotatable bonds is 11. The first-order chi connectivity index (χ1) is 20.1. The summed E-state index contributed by atoms with van der Waals surface area (Å²) in [4.78, 5) is 14.9. The third-order valence-electron chi connectivity index (χ3n) is 7.18. The topological polar surface area (TPSA) is 44.4 Å². The molecule has 0 aliphatic carbocycles. The summed E-state index contributed by atoms with van der Waals surface area (Å²) < 4.78 is 0. The van der Waals surface area contributed by atoms with Crippen molar-refractivity contribution in [2.45, 2.75) is 26.2 Å². The zero-order valence-electron chi connectivity index (χ0n) is 23.8. The van der Waals surface area contributed by atoms with Crippen molar-refractivity contribution in [3.8, 4) is 22.3 Å². The maximum Gasteiger partial charge on any atom is 0.253 e. The van der Waals surface area contributed by atoms with Crippen LogP contribution in [0.3, 0.4) is 0 Å². The van der Waals surface area contributed by atoms with E-state index in [2.05, 4.69) is 108 Å². The SMILES string of the molecule is CN(C)C(=O)c1cc(CNCc2ccccc2)ccc1-c1cccc(CNCc2ccc(-c3ccccc3)cc2)c1. The van der Waals surface area contributed by atoms with Gasteiger partial charge in [-0.2, -0.15) is 0 Å². The molecule has 0 unspecified atom stereocenters. The van der Waals surface area contributed by atoms with Crippen LogP contribution >= 0.6 is 0 Å². The van der Waals surface area contributed by atoms with Crippen LogP contribution in [0.15, 0.2) is 127 Å². The first-order valence-electron chi connectivity index (χ1n) is 14.1. The first-order valence-corrected chi connectivity index (χ1v) is 14.1. The van der Waals surface area contributed by atoms with Crippen LogP contribution in [0.1, 0.15) is 32.6 Å². The highest BCUT2D eigenvalue weighted by molar-refractivity contribution is 6.00. The monoisotopic (exact) mass is 539 g/mol. The maximum absolute atomic E-state index is 13.2. The smallest absolute Gasteiger partial charge is 0.253 e. The minimum Gasteiger partial charge on any atom is -0.345 e. The fraction of sp³-hybridized carbons (Fsp3) is 0.162. The largest absolute Gasteiger partial charge is 0.345 e. The first kappa shape index (κ1) is 28.0. The molecule has 0 aliphatic rings. The van der Waals surface area contributed by atoms with E-state index in [9.17, 15) is 4.79 Å². The lowest BCUT2D eigenvalue weighted by molar-refractivity contribution is 0.0828. The van der Waals surface area contributed by atoms with Gasteiger partial charge in [0.1, 0.15) is 0 Å². The Labute approximate surface area is 243 Å². The van der Waals surface area contributed by atoms with E-state index in [4.69, 9.17) is 0 Å². The number of benzene rings is 5. The van der Waals surface area contributed by atoms with Gasteiger partial charge in [0.05, 0.1) is 0 Å². The average Bonchev–Trinajstić information content (AvgIpc) is 3.02. The van der Waals surface area contributed by atoms with Gasteiger partial charge in [-0.15, -0.1) is 0 Å². The summed E-state index contributed by atoms with van der Waals surface area (Å²) in [5.41, 5.74) is 9.93. The zero-order chi connectivity index (χ0) is 28.4. The van der Waals surface area contributed by atoms with Crippen molar-refractivity contribution < 1.29 is 4.79 Å². The van der Waals surface area contributed by atoms with Crippen LogP contribution in [0.5, 0.6) is 0 Å². The van der Waals surface area contributed by atoms with Gasteiger partial charge < -0.3 is 15.5 Å². The van der Waals surface area contributed by atoms with E-state index in [1.807, 2.05) is 30.3 Å². The lowest BCUT2D eigenvalue weighted by atomic mass is 9.95. The van der Waals surface area contributed by atoms with Crippen molar-refractivity contribution in [2.75, 3.05) is 14.1 Å². The Morgan fingerprint density at radius 1 is 0.512 bits per heavy atom. The molecule has 0 fully saturated rings. The van der Waals surface area contributed by atoms with Gasteiger partial charge >= 0.3 is 0 Å². The number of nitrogens with one attached hydrogen (secondary N) is 2. The Hall–Kier alpha value is -4.51. The summed E-state index contributed by atoms with van der Waals surface area (Å²) in [6.45, 7) is 3.01. The van der Waals surface area contributed by atoms with Crippen molar-refractivity contribution in [3.63, 3.8) is 0 Å². The highest BCUT2D eigenvalue weighted by Crippen LogP contribution is 2.27. The van der Waals surface area contributed by atoms with E-state index >= 15 is 0 Å². The second kappa shape index (κ2) is 13.7. The highest BCUT2D eigenvalue weighted by atomic mass is 16.2. The molecule has 0 atom stereocenters. The van der Waals surface area contributed by atoms with Crippen LogP contribution in [-0.4, -0.2) is 24.9 Å². The summed E-state index contributed by atoms with van der Waals surface area (Å²) >= 11 is 0. The average molecular weight is 540 g/mol. The molecular weight excluding hydrogens is 502 g/mol. The minimum absolute atomic E-state index is 0.00684. The van der Waals surface area contributed by atoms with E-state index in [1.54, 1.807) is 19.0 Å². The van der Waals surface area contributed by atoms with Gasteiger partial charge in [0.2, 0.25) is 0 Å².